The van der Waals surface area contributed by atoms with E-state index < -0.39 is 47.3 Å². The molecule has 0 fully saturated rings. The van der Waals surface area contributed by atoms with Crippen LogP contribution in [0.15, 0.2) is 12.2 Å². The Morgan fingerprint density at radius 2 is 1.00 bits per heavy atom. The molecule has 0 saturated carbocycles. The largest absolute Gasteiger partial charge is 0.466 e. The Morgan fingerprint density at radius 3 is 1.28 bits per heavy atom. The van der Waals surface area contributed by atoms with Crippen LogP contribution >= 0.6 is 0 Å². The standard InChI is InChI=1S/C10H5F13O2/c1-3(4(24)25-2)5(11,12)6(13,14)7(15,16)8(17,18)9(19,20)10(21,22)23/h1H2,2H3. The molecule has 15 heteroatoms. The molecular weight excluding hydrogens is 399 g/mol. The number of alkyl halides is 13. The molecule has 2 nitrogen and oxygen atoms in total. The van der Waals surface area contributed by atoms with Crippen LogP contribution in [0.3, 0.4) is 0 Å². The molecule has 0 aromatic rings. The molecular formula is C10H5F13O2. The fourth-order valence-electron chi connectivity index (χ4n) is 1.21. The van der Waals surface area contributed by atoms with Crippen molar-refractivity contribution in [1.82, 2.24) is 0 Å². The fourth-order valence-corrected chi connectivity index (χ4v) is 1.21. The molecule has 0 bridgehead atoms. The summed E-state index contributed by atoms with van der Waals surface area (Å²) in [4.78, 5) is 10.6. The highest BCUT2D eigenvalue weighted by molar-refractivity contribution is 5.89. The minimum atomic E-state index is -8.03. The van der Waals surface area contributed by atoms with E-state index in [1.165, 1.54) is 0 Å². The first kappa shape index (κ1) is 23.3. The number of hydrogen-bond acceptors (Lipinski definition) is 2. The van der Waals surface area contributed by atoms with E-state index in [1.54, 1.807) is 0 Å². The van der Waals surface area contributed by atoms with Crippen molar-refractivity contribution in [1.29, 1.82) is 0 Å². The number of carbonyl (C=O) groups is 1. The smallest absolute Gasteiger partial charge is 0.460 e. The van der Waals surface area contributed by atoms with Gasteiger partial charge in [0, 0.05) is 0 Å². The SMILES string of the molecule is C=C(C(=O)OC)C(F)(F)C(F)(F)C(F)(F)C(F)(F)C(F)(F)C(F)(F)F. The molecule has 0 radical (unpaired) electrons. The van der Waals surface area contributed by atoms with Gasteiger partial charge in [-0.05, 0) is 0 Å². The van der Waals surface area contributed by atoms with Crippen molar-refractivity contribution in [3.8, 4) is 0 Å². The van der Waals surface area contributed by atoms with Gasteiger partial charge in [-0.25, -0.2) is 4.79 Å². The number of ether oxygens (including phenoxy) is 1. The third kappa shape index (κ3) is 3.01. The predicted molar refractivity (Wildman–Crippen MR) is 51.9 cm³/mol. The molecule has 0 aromatic heterocycles. The van der Waals surface area contributed by atoms with Crippen LogP contribution in [0.4, 0.5) is 57.1 Å². The van der Waals surface area contributed by atoms with Crippen molar-refractivity contribution >= 4 is 5.97 Å². The third-order valence-electron chi connectivity index (χ3n) is 2.74. The van der Waals surface area contributed by atoms with Gasteiger partial charge in [-0.2, -0.15) is 57.1 Å². The number of esters is 1. The van der Waals surface area contributed by atoms with Gasteiger partial charge in [0.2, 0.25) is 0 Å². The molecule has 0 N–H and O–H groups in total. The van der Waals surface area contributed by atoms with E-state index in [9.17, 15) is 61.9 Å². The van der Waals surface area contributed by atoms with Crippen LogP contribution in [-0.4, -0.2) is 48.9 Å². The summed E-state index contributed by atoms with van der Waals surface area (Å²) in [6.07, 6.45) is -7.50. The lowest BCUT2D eigenvalue weighted by atomic mass is 9.91. The van der Waals surface area contributed by atoms with Crippen LogP contribution in [0.2, 0.25) is 0 Å². The highest BCUT2D eigenvalue weighted by Crippen LogP contribution is 2.61. The lowest BCUT2D eigenvalue weighted by Gasteiger charge is -2.39. The molecule has 0 rings (SSSR count). The molecule has 148 valence electrons. The normalized spacial score (nSPS) is 15.1. The fraction of sp³-hybridized carbons (Fsp3) is 0.700. The number of halogens is 13. The minimum Gasteiger partial charge on any atom is -0.466 e. The Labute approximate surface area is 129 Å². The van der Waals surface area contributed by atoms with Crippen LogP contribution < -0.4 is 0 Å². The van der Waals surface area contributed by atoms with E-state index in [0.29, 0.717) is 0 Å². The lowest BCUT2D eigenvalue weighted by molar-refractivity contribution is -0.436. The minimum absolute atomic E-state index is 0.242. The predicted octanol–water partition coefficient (Wildman–Crippen LogP) is 4.45. The Bertz CT molecular complexity index is 546. The van der Waals surface area contributed by atoms with Gasteiger partial charge in [-0.3, -0.25) is 0 Å². The van der Waals surface area contributed by atoms with Crippen molar-refractivity contribution < 1.29 is 66.6 Å². The third-order valence-corrected chi connectivity index (χ3v) is 2.74. The summed E-state index contributed by atoms with van der Waals surface area (Å²) in [6.45, 7) is 1.88. The van der Waals surface area contributed by atoms with Gasteiger partial charge >= 0.3 is 41.8 Å². The Balaban J connectivity index is 6.39. The summed E-state index contributed by atoms with van der Waals surface area (Å²) >= 11 is 0. The second kappa shape index (κ2) is 5.93. The van der Waals surface area contributed by atoms with Crippen molar-refractivity contribution in [3.05, 3.63) is 12.2 Å². The van der Waals surface area contributed by atoms with Gasteiger partial charge in [0.05, 0.1) is 7.11 Å². The molecule has 0 saturated heterocycles. The van der Waals surface area contributed by atoms with Gasteiger partial charge in [0.25, 0.3) is 0 Å². The summed E-state index contributed by atoms with van der Waals surface area (Å²) in [7, 11) is 0.242. The Kier molecular flexibility index (Phi) is 5.53. The van der Waals surface area contributed by atoms with E-state index in [1.807, 2.05) is 6.58 Å². The summed E-state index contributed by atoms with van der Waals surface area (Å²) in [5, 5.41) is 0. The summed E-state index contributed by atoms with van der Waals surface area (Å²) in [5.74, 6) is -40.6. The molecule has 25 heavy (non-hydrogen) atoms. The van der Waals surface area contributed by atoms with Crippen molar-refractivity contribution in [3.63, 3.8) is 0 Å². The highest BCUT2D eigenvalue weighted by atomic mass is 19.4. The van der Waals surface area contributed by atoms with Gasteiger partial charge in [-0.15, -0.1) is 0 Å². The van der Waals surface area contributed by atoms with Gasteiger partial charge < -0.3 is 4.74 Å². The van der Waals surface area contributed by atoms with Crippen LogP contribution in [0.1, 0.15) is 0 Å². The lowest BCUT2D eigenvalue weighted by Crippen LogP contribution is -2.70. The van der Waals surface area contributed by atoms with E-state index >= 15 is 0 Å². The topological polar surface area (TPSA) is 26.3 Å². The molecule has 0 aliphatic carbocycles. The maximum absolute atomic E-state index is 13.3. The number of rotatable bonds is 6. The maximum Gasteiger partial charge on any atom is 0.460 e. The van der Waals surface area contributed by atoms with Gasteiger partial charge in [-0.1, -0.05) is 6.58 Å². The van der Waals surface area contributed by atoms with Crippen molar-refractivity contribution in [2.24, 2.45) is 0 Å². The monoisotopic (exact) mass is 404 g/mol. The van der Waals surface area contributed by atoms with Crippen LogP contribution in [0.5, 0.6) is 0 Å². The zero-order valence-electron chi connectivity index (χ0n) is 11.4. The average molecular weight is 404 g/mol. The molecule has 0 unspecified atom stereocenters. The molecule has 0 atom stereocenters. The molecule has 0 aromatic carbocycles. The van der Waals surface area contributed by atoms with E-state index in [-0.39, 0.29) is 7.11 Å². The second-order valence-electron chi connectivity index (χ2n) is 4.34. The maximum atomic E-state index is 13.3. The van der Waals surface area contributed by atoms with Crippen molar-refractivity contribution in [2.45, 2.75) is 35.8 Å². The van der Waals surface area contributed by atoms with Crippen LogP contribution in [0.25, 0.3) is 0 Å². The Hall–Kier alpha value is -1.70. The van der Waals surface area contributed by atoms with Crippen molar-refractivity contribution in [2.75, 3.05) is 7.11 Å². The molecule has 0 aliphatic rings. The summed E-state index contributed by atoms with van der Waals surface area (Å²) in [6, 6.07) is 0. The molecule has 0 amide bonds. The van der Waals surface area contributed by atoms with Gasteiger partial charge in [0.1, 0.15) is 5.57 Å². The first-order valence-electron chi connectivity index (χ1n) is 5.38. The average Bonchev–Trinajstić information content (AvgIpc) is 2.43. The van der Waals surface area contributed by atoms with E-state index in [2.05, 4.69) is 4.74 Å². The number of methoxy groups -OCH3 is 1. The highest BCUT2D eigenvalue weighted by Gasteiger charge is 2.91. The first-order valence-corrected chi connectivity index (χ1v) is 5.38. The van der Waals surface area contributed by atoms with Crippen LogP contribution in [-0.2, 0) is 9.53 Å². The summed E-state index contributed by atoms with van der Waals surface area (Å²) in [5.41, 5.74) is -2.88. The quantitative estimate of drug-likeness (QED) is 0.372. The first-order chi connectivity index (χ1) is 10.6. The molecule has 0 heterocycles. The zero-order valence-corrected chi connectivity index (χ0v) is 11.4. The van der Waals surface area contributed by atoms with Crippen LogP contribution in [0, 0.1) is 0 Å². The summed E-state index contributed by atoms with van der Waals surface area (Å²) < 4.78 is 169. The van der Waals surface area contributed by atoms with Gasteiger partial charge in [0.15, 0.2) is 0 Å². The number of hydrogen-bond donors (Lipinski definition) is 0. The Morgan fingerprint density at radius 1 is 0.680 bits per heavy atom. The second-order valence-corrected chi connectivity index (χ2v) is 4.34. The zero-order chi connectivity index (χ0) is 20.9. The number of carbonyl (C=O) groups excluding carboxylic acids is 1. The van der Waals surface area contributed by atoms with E-state index in [0.717, 1.165) is 0 Å². The molecule has 0 spiro atoms. The van der Waals surface area contributed by atoms with E-state index in [4.69, 9.17) is 0 Å². The molecule has 0 aliphatic heterocycles.